The zero-order valence-electron chi connectivity index (χ0n) is 17.1. The fourth-order valence-corrected chi connectivity index (χ4v) is 4.19. The molecule has 1 aliphatic rings. The number of hydroxylamine groups is 1. The van der Waals surface area contributed by atoms with Crippen molar-refractivity contribution < 1.29 is 14.8 Å². The minimum atomic E-state index is -0.495. The van der Waals surface area contributed by atoms with Crippen LogP contribution in [0.1, 0.15) is 27.2 Å². The van der Waals surface area contributed by atoms with Gasteiger partial charge >= 0.3 is 0 Å². The number of benzene rings is 2. The van der Waals surface area contributed by atoms with Crippen LogP contribution in [0.5, 0.6) is 0 Å². The first-order chi connectivity index (χ1) is 14.5. The lowest BCUT2D eigenvalue weighted by Crippen LogP contribution is -2.45. The molecule has 7 nitrogen and oxygen atoms in total. The van der Waals surface area contributed by atoms with Gasteiger partial charge in [-0.1, -0.05) is 30.3 Å². The number of hydrogen-bond donors (Lipinski definition) is 4. The first-order valence-corrected chi connectivity index (χ1v) is 10.1. The molecule has 1 saturated heterocycles. The number of fused-ring (bicyclic) bond motifs is 1. The van der Waals surface area contributed by atoms with E-state index in [0.29, 0.717) is 18.7 Å². The van der Waals surface area contributed by atoms with E-state index in [0.717, 1.165) is 12.1 Å². The lowest BCUT2D eigenvalue weighted by atomic mass is 10.0. The van der Waals surface area contributed by atoms with Crippen LogP contribution in [0.2, 0.25) is 0 Å². The molecule has 1 aromatic heterocycles. The molecule has 1 fully saturated rings. The van der Waals surface area contributed by atoms with E-state index in [4.69, 9.17) is 5.21 Å². The highest BCUT2D eigenvalue weighted by molar-refractivity contribution is 5.95. The molecule has 30 heavy (non-hydrogen) atoms. The van der Waals surface area contributed by atoms with Gasteiger partial charge < -0.3 is 15.2 Å². The Balaban J connectivity index is 1.48. The highest BCUT2D eigenvalue weighted by Gasteiger charge is 2.34. The van der Waals surface area contributed by atoms with Gasteiger partial charge in [0.2, 0.25) is 5.91 Å². The van der Waals surface area contributed by atoms with Gasteiger partial charge in [0, 0.05) is 41.8 Å². The summed E-state index contributed by atoms with van der Waals surface area (Å²) < 4.78 is 2.29. The van der Waals surface area contributed by atoms with Gasteiger partial charge in [-0.05, 0) is 43.2 Å². The monoisotopic (exact) mass is 406 g/mol. The van der Waals surface area contributed by atoms with Crippen molar-refractivity contribution >= 4 is 22.7 Å². The lowest BCUT2D eigenvalue weighted by Gasteiger charge is -2.18. The summed E-state index contributed by atoms with van der Waals surface area (Å²) in [6.07, 6.45) is 0. The molecule has 0 bridgehead atoms. The summed E-state index contributed by atoms with van der Waals surface area (Å²) in [6.45, 7) is 5.91. The molecule has 2 atom stereocenters. The van der Waals surface area contributed by atoms with Gasteiger partial charge in [0.1, 0.15) is 0 Å². The van der Waals surface area contributed by atoms with Crippen LogP contribution in [0.15, 0.2) is 48.5 Å². The number of aromatic nitrogens is 1. The Morgan fingerprint density at radius 3 is 2.57 bits per heavy atom. The normalized spacial score (nSPS) is 18.5. The van der Waals surface area contributed by atoms with Gasteiger partial charge in [-0.25, -0.2) is 5.48 Å². The number of hydrogen-bond acceptors (Lipinski definition) is 4. The molecule has 0 aliphatic carbocycles. The fraction of sp³-hybridized carbons (Fsp3) is 0.304. The number of amides is 2. The Hall–Kier alpha value is -3.16. The predicted octanol–water partition coefficient (Wildman–Crippen LogP) is 2.13. The highest BCUT2D eigenvalue weighted by Crippen LogP contribution is 2.26. The van der Waals surface area contributed by atoms with Crippen LogP contribution in [0.4, 0.5) is 0 Å². The zero-order chi connectivity index (χ0) is 21.3. The van der Waals surface area contributed by atoms with Gasteiger partial charge in [0.25, 0.3) is 5.91 Å². The third-order valence-electron chi connectivity index (χ3n) is 6.08. The fourth-order valence-electron chi connectivity index (χ4n) is 4.19. The van der Waals surface area contributed by atoms with Crippen molar-refractivity contribution in [1.82, 2.24) is 20.7 Å². The van der Waals surface area contributed by atoms with E-state index in [2.05, 4.69) is 47.2 Å². The number of aryl methyl sites for hydroxylation is 1. The SMILES string of the molecule is Cc1c(C)n(Cc2ccc(C(=O)N[C@@H]3CNC[C@@H]3C(=O)NO)cc2)c2ccccc12. The number of carbonyl (C=O) groups is 2. The molecule has 3 aromatic rings. The zero-order valence-corrected chi connectivity index (χ0v) is 17.1. The summed E-state index contributed by atoms with van der Waals surface area (Å²) in [5.41, 5.74) is 7.04. The first-order valence-electron chi connectivity index (χ1n) is 10.1. The molecule has 2 aromatic carbocycles. The minimum Gasteiger partial charge on any atom is -0.347 e. The Kier molecular flexibility index (Phi) is 5.57. The van der Waals surface area contributed by atoms with Crippen molar-refractivity contribution in [3.05, 3.63) is 70.9 Å². The summed E-state index contributed by atoms with van der Waals surface area (Å²) in [7, 11) is 0. The quantitative estimate of drug-likeness (QED) is 0.386. The van der Waals surface area contributed by atoms with Crippen LogP contribution in [-0.2, 0) is 11.3 Å². The van der Waals surface area contributed by atoms with E-state index in [9.17, 15) is 9.59 Å². The third-order valence-corrected chi connectivity index (χ3v) is 6.08. The summed E-state index contributed by atoms with van der Waals surface area (Å²) in [5, 5.41) is 16.1. The molecular weight excluding hydrogens is 380 g/mol. The maximum absolute atomic E-state index is 12.6. The first kappa shape index (κ1) is 20.1. The molecule has 7 heteroatoms. The Morgan fingerprint density at radius 1 is 1.10 bits per heavy atom. The average Bonchev–Trinajstić information content (AvgIpc) is 3.32. The van der Waals surface area contributed by atoms with Crippen molar-refractivity contribution in [2.45, 2.75) is 26.4 Å². The second-order valence-electron chi connectivity index (χ2n) is 7.83. The Labute approximate surface area is 175 Å². The van der Waals surface area contributed by atoms with Crippen LogP contribution >= 0.6 is 0 Å². The molecule has 0 unspecified atom stereocenters. The molecular formula is C23H26N4O3. The van der Waals surface area contributed by atoms with E-state index in [1.807, 2.05) is 30.3 Å². The predicted molar refractivity (Wildman–Crippen MR) is 114 cm³/mol. The lowest BCUT2D eigenvalue weighted by molar-refractivity contribution is -0.133. The molecule has 1 aliphatic heterocycles. The number of nitrogens with zero attached hydrogens (tertiary/aromatic N) is 1. The van der Waals surface area contributed by atoms with E-state index < -0.39 is 11.8 Å². The molecule has 2 amide bonds. The smallest absolute Gasteiger partial charge is 0.251 e. The average molecular weight is 406 g/mol. The van der Waals surface area contributed by atoms with Crippen molar-refractivity contribution in [3.63, 3.8) is 0 Å². The number of carbonyl (C=O) groups excluding carboxylic acids is 2. The number of para-hydroxylation sites is 1. The number of nitrogens with one attached hydrogen (secondary N) is 3. The maximum Gasteiger partial charge on any atom is 0.251 e. The van der Waals surface area contributed by atoms with Gasteiger partial charge in [0.15, 0.2) is 0 Å². The van der Waals surface area contributed by atoms with Crippen molar-refractivity contribution in [2.75, 3.05) is 13.1 Å². The molecule has 4 N–H and O–H groups in total. The second-order valence-corrected chi connectivity index (χ2v) is 7.83. The van der Waals surface area contributed by atoms with Crippen LogP contribution in [-0.4, -0.2) is 40.7 Å². The second kappa shape index (κ2) is 8.30. The van der Waals surface area contributed by atoms with E-state index in [1.54, 1.807) is 5.48 Å². The van der Waals surface area contributed by atoms with Gasteiger partial charge in [-0.2, -0.15) is 0 Å². The third kappa shape index (κ3) is 3.69. The maximum atomic E-state index is 12.6. The van der Waals surface area contributed by atoms with E-state index in [-0.39, 0.29) is 11.9 Å². The molecule has 0 saturated carbocycles. The summed E-state index contributed by atoms with van der Waals surface area (Å²) in [6, 6.07) is 15.6. The molecule has 2 heterocycles. The molecule has 0 radical (unpaired) electrons. The molecule has 4 rings (SSSR count). The largest absolute Gasteiger partial charge is 0.347 e. The van der Waals surface area contributed by atoms with Crippen molar-refractivity contribution in [3.8, 4) is 0 Å². The van der Waals surface area contributed by atoms with Crippen molar-refractivity contribution in [2.24, 2.45) is 5.92 Å². The minimum absolute atomic E-state index is 0.232. The van der Waals surface area contributed by atoms with Crippen LogP contribution in [0.3, 0.4) is 0 Å². The Bertz CT molecular complexity index is 1090. The molecule has 0 spiro atoms. The summed E-state index contributed by atoms with van der Waals surface area (Å²) >= 11 is 0. The van der Waals surface area contributed by atoms with Crippen LogP contribution in [0.25, 0.3) is 10.9 Å². The van der Waals surface area contributed by atoms with Gasteiger partial charge in [0.05, 0.1) is 12.0 Å². The highest BCUT2D eigenvalue weighted by atomic mass is 16.5. The van der Waals surface area contributed by atoms with E-state index >= 15 is 0 Å². The number of rotatable bonds is 5. The Morgan fingerprint density at radius 2 is 1.83 bits per heavy atom. The summed E-state index contributed by atoms with van der Waals surface area (Å²) in [4.78, 5) is 24.3. The summed E-state index contributed by atoms with van der Waals surface area (Å²) in [5.74, 6) is -1.22. The van der Waals surface area contributed by atoms with Crippen molar-refractivity contribution in [1.29, 1.82) is 0 Å². The van der Waals surface area contributed by atoms with Crippen LogP contribution in [0, 0.1) is 19.8 Å². The topological polar surface area (TPSA) is 95.4 Å². The standard InChI is InChI=1S/C23H26N4O3/c1-14-15(2)27(21-6-4-3-5-18(14)21)13-16-7-9-17(10-8-16)22(28)25-20-12-24-11-19(20)23(29)26-30/h3-10,19-20,24,30H,11-13H2,1-2H3,(H,25,28)(H,26,29)/t19-,20+/m0/s1. The van der Waals surface area contributed by atoms with Gasteiger partial charge in [-0.3, -0.25) is 14.8 Å². The van der Waals surface area contributed by atoms with Gasteiger partial charge in [-0.15, -0.1) is 0 Å². The molecule has 156 valence electrons. The van der Waals surface area contributed by atoms with E-state index in [1.165, 1.54) is 22.2 Å². The van der Waals surface area contributed by atoms with Crippen LogP contribution < -0.4 is 16.1 Å².